The fourth-order valence-electron chi connectivity index (χ4n) is 4.99. The van der Waals surface area contributed by atoms with Crippen LogP contribution in [0.2, 0.25) is 0 Å². The Morgan fingerprint density at radius 1 is 1.10 bits per heavy atom. The van der Waals surface area contributed by atoms with Gasteiger partial charge in [-0.05, 0) is 31.0 Å². The number of amides is 1. The fourth-order valence-corrected chi connectivity index (χ4v) is 4.99. The number of ether oxygens (including phenoxy) is 1. The lowest BCUT2D eigenvalue weighted by atomic mass is 9.87. The highest BCUT2D eigenvalue weighted by Gasteiger charge is 2.25. The lowest BCUT2D eigenvalue weighted by Gasteiger charge is -2.34. The summed E-state index contributed by atoms with van der Waals surface area (Å²) in [7, 11) is 1.70. The summed E-state index contributed by atoms with van der Waals surface area (Å²) < 4.78 is 7.76. The molecule has 0 unspecified atom stereocenters. The number of likely N-dealkylation sites (N-methyl/N-ethyl adjacent to an activating group) is 1. The van der Waals surface area contributed by atoms with E-state index in [2.05, 4.69) is 34.7 Å². The third-order valence-corrected chi connectivity index (χ3v) is 6.93. The Bertz CT molecular complexity index is 830. The van der Waals surface area contributed by atoms with Crippen LogP contribution in [0.15, 0.2) is 24.4 Å². The number of fused-ring (bicyclic) bond motifs is 1. The highest BCUT2D eigenvalue weighted by molar-refractivity contribution is 6.07. The van der Waals surface area contributed by atoms with Crippen LogP contribution in [-0.4, -0.2) is 60.1 Å². The van der Waals surface area contributed by atoms with Crippen LogP contribution in [0.25, 0.3) is 10.9 Å². The summed E-state index contributed by atoms with van der Waals surface area (Å²) in [5.41, 5.74) is 1.96. The SMILES string of the molecule is CCN1CCN(C(=O)c2cn(CCC3CCCCC3)c3cc(OC)ccc23)CC1. The lowest BCUT2D eigenvalue weighted by Crippen LogP contribution is -2.48. The molecule has 5 nitrogen and oxygen atoms in total. The summed E-state index contributed by atoms with van der Waals surface area (Å²) in [6, 6.07) is 6.11. The average Bonchev–Trinajstić information content (AvgIpc) is 3.15. The minimum atomic E-state index is 0.173. The second-order valence-corrected chi connectivity index (χ2v) is 8.64. The van der Waals surface area contributed by atoms with Crippen molar-refractivity contribution < 1.29 is 9.53 Å². The topological polar surface area (TPSA) is 37.7 Å². The van der Waals surface area contributed by atoms with Crippen molar-refractivity contribution in [3.05, 3.63) is 30.0 Å². The molecule has 0 atom stereocenters. The molecule has 2 aromatic rings. The second kappa shape index (κ2) is 9.21. The molecule has 1 aliphatic heterocycles. The van der Waals surface area contributed by atoms with Crippen molar-refractivity contribution in [2.45, 2.75) is 52.0 Å². The number of carbonyl (C=O) groups excluding carboxylic acids is 1. The number of carbonyl (C=O) groups is 1. The lowest BCUT2D eigenvalue weighted by molar-refractivity contribution is 0.0645. The maximum atomic E-state index is 13.3. The van der Waals surface area contributed by atoms with Crippen molar-refractivity contribution in [1.82, 2.24) is 14.4 Å². The first-order chi connectivity index (χ1) is 14.2. The van der Waals surface area contributed by atoms with Gasteiger partial charge in [0, 0.05) is 50.4 Å². The number of methoxy groups -OCH3 is 1. The first-order valence-electron chi connectivity index (χ1n) is 11.4. The van der Waals surface area contributed by atoms with E-state index in [1.807, 2.05) is 11.0 Å². The van der Waals surface area contributed by atoms with Gasteiger partial charge in [0.15, 0.2) is 0 Å². The summed E-state index contributed by atoms with van der Waals surface area (Å²) in [4.78, 5) is 17.8. The zero-order valence-corrected chi connectivity index (χ0v) is 18.0. The van der Waals surface area contributed by atoms with Crippen molar-refractivity contribution in [2.75, 3.05) is 39.8 Å². The molecule has 1 aromatic heterocycles. The van der Waals surface area contributed by atoms with E-state index in [1.54, 1.807) is 7.11 Å². The molecule has 1 aliphatic carbocycles. The third kappa shape index (κ3) is 4.45. The third-order valence-electron chi connectivity index (χ3n) is 6.93. The molecule has 0 radical (unpaired) electrons. The molecule has 0 spiro atoms. The Kier molecular flexibility index (Phi) is 6.43. The molecule has 2 aliphatic rings. The number of aryl methyl sites for hydroxylation is 1. The maximum absolute atomic E-state index is 13.3. The van der Waals surface area contributed by atoms with Crippen LogP contribution >= 0.6 is 0 Å². The minimum Gasteiger partial charge on any atom is -0.497 e. The van der Waals surface area contributed by atoms with Gasteiger partial charge in [0.1, 0.15) is 5.75 Å². The van der Waals surface area contributed by atoms with Gasteiger partial charge in [-0.2, -0.15) is 0 Å². The van der Waals surface area contributed by atoms with Crippen LogP contribution in [0.5, 0.6) is 5.75 Å². The van der Waals surface area contributed by atoms with Crippen LogP contribution < -0.4 is 4.74 Å². The van der Waals surface area contributed by atoms with Crippen LogP contribution in [0.3, 0.4) is 0 Å². The molecule has 158 valence electrons. The first kappa shape index (κ1) is 20.3. The van der Waals surface area contributed by atoms with Gasteiger partial charge < -0.3 is 19.1 Å². The summed E-state index contributed by atoms with van der Waals surface area (Å²) >= 11 is 0. The number of aromatic nitrogens is 1. The zero-order valence-electron chi connectivity index (χ0n) is 18.0. The quantitative estimate of drug-likeness (QED) is 0.725. The molecule has 29 heavy (non-hydrogen) atoms. The van der Waals surface area contributed by atoms with E-state index in [1.165, 1.54) is 38.5 Å². The van der Waals surface area contributed by atoms with E-state index < -0.39 is 0 Å². The molecule has 5 heteroatoms. The van der Waals surface area contributed by atoms with E-state index in [4.69, 9.17) is 4.74 Å². The van der Waals surface area contributed by atoms with E-state index in [-0.39, 0.29) is 5.91 Å². The van der Waals surface area contributed by atoms with E-state index in [0.717, 1.165) is 67.4 Å². The molecule has 4 rings (SSSR count). The van der Waals surface area contributed by atoms with E-state index in [0.29, 0.717) is 0 Å². The predicted octanol–water partition coefficient (Wildman–Crippen LogP) is 4.40. The van der Waals surface area contributed by atoms with Gasteiger partial charge in [0.2, 0.25) is 0 Å². The molecular weight excluding hydrogens is 362 g/mol. The molecule has 1 amide bonds. The molecule has 1 saturated heterocycles. The molecule has 1 aromatic carbocycles. The molecule has 2 fully saturated rings. The summed E-state index contributed by atoms with van der Waals surface area (Å²) in [6.45, 7) is 7.79. The molecule has 2 heterocycles. The Hall–Kier alpha value is -2.01. The van der Waals surface area contributed by atoms with Gasteiger partial charge >= 0.3 is 0 Å². The highest BCUT2D eigenvalue weighted by Crippen LogP contribution is 2.30. The Balaban J connectivity index is 1.57. The maximum Gasteiger partial charge on any atom is 0.256 e. The monoisotopic (exact) mass is 397 g/mol. The van der Waals surface area contributed by atoms with Crippen molar-refractivity contribution in [1.29, 1.82) is 0 Å². The van der Waals surface area contributed by atoms with Gasteiger partial charge in [0.25, 0.3) is 5.91 Å². The largest absolute Gasteiger partial charge is 0.497 e. The first-order valence-corrected chi connectivity index (χ1v) is 11.4. The minimum absolute atomic E-state index is 0.173. The normalized spacial score (nSPS) is 19.0. The number of piperazine rings is 1. The van der Waals surface area contributed by atoms with Gasteiger partial charge in [-0.25, -0.2) is 0 Å². The van der Waals surface area contributed by atoms with Crippen LogP contribution in [-0.2, 0) is 6.54 Å². The van der Waals surface area contributed by atoms with Crippen molar-refractivity contribution >= 4 is 16.8 Å². The van der Waals surface area contributed by atoms with Gasteiger partial charge in [-0.15, -0.1) is 0 Å². The average molecular weight is 398 g/mol. The van der Waals surface area contributed by atoms with E-state index >= 15 is 0 Å². The second-order valence-electron chi connectivity index (χ2n) is 8.64. The van der Waals surface area contributed by atoms with Crippen molar-refractivity contribution in [2.24, 2.45) is 5.92 Å². The summed E-state index contributed by atoms with van der Waals surface area (Å²) in [5.74, 6) is 1.85. The summed E-state index contributed by atoms with van der Waals surface area (Å²) in [5, 5.41) is 1.05. The zero-order chi connectivity index (χ0) is 20.2. The number of rotatable bonds is 6. The number of hydrogen-bond donors (Lipinski definition) is 0. The summed E-state index contributed by atoms with van der Waals surface area (Å²) in [6.07, 6.45) is 10.2. The van der Waals surface area contributed by atoms with Gasteiger partial charge in [-0.3, -0.25) is 4.79 Å². The highest BCUT2D eigenvalue weighted by atomic mass is 16.5. The van der Waals surface area contributed by atoms with Crippen LogP contribution in [0.4, 0.5) is 0 Å². The molecule has 1 saturated carbocycles. The van der Waals surface area contributed by atoms with Gasteiger partial charge in [0.05, 0.1) is 18.2 Å². The Labute approximate surface area is 174 Å². The number of benzene rings is 1. The van der Waals surface area contributed by atoms with Crippen LogP contribution in [0, 0.1) is 5.92 Å². The number of nitrogens with zero attached hydrogens (tertiary/aromatic N) is 3. The molecule has 0 N–H and O–H groups in total. The van der Waals surface area contributed by atoms with Crippen molar-refractivity contribution in [3.8, 4) is 5.75 Å². The van der Waals surface area contributed by atoms with E-state index in [9.17, 15) is 4.79 Å². The standard InChI is InChI=1S/C24H35N3O2/c1-3-25-13-15-26(16-14-25)24(28)22-18-27(12-11-19-7-5-4-6-8-19)23-17-20(29-2)9-10-21(22)23/h9-10,17-19H,3-8,11-16H2,1-2H3. The smallest absolute Gasteiger partial charge is 0.256 e. The fraction of sp³-hybridized carbons (Fsp3) is 0.625. The Morgan fingerprint density at radius 3 is 2.55 bits per heavy atom. The van der Waals surface area contributed by atoms with Gasteiger partial charge in [-0.1, -0.05) is 39.0 Å². The molecule has 0 bridgehead atoms. The van der Waals surface area contributed by atoms with Crippen LogP contribution in [0.1, 0.15) is 55.8 Å². The Morgan fingerprint density at radius 2 is 1.86 bits per heavy atom. The molecular formula is C24H35N3O2. The predicted molar refractivity (Wildman–Crippen MR) is 118 cm³/mol. The number of hydrogen-bond acceptors (Lipinski definition) is 3. The van der Waals surface area contributed by atoms with Crippen molar-refractivity contribution in [3.63, 3.8) is 0 Å².